The second-order valence-electron chi connectivity index (χ2n) is 44.1. The number of fused-ring (bicyclic) bond motifs is 10. The predicted molar refractivity (Wildman–Crippen MR) is 562 cm³/mol. The topological polar surface area (TPSA) is 164 Å². The van der Waals surface area contributed by atoms with Gasteiger partial charge in [0, 0.05) is 54.5 Å². The quantitative estimate of drug-likeness (QED) is 0.0388. The van der Waals surface area contributed by atoms with Gasteiger partial charge in [-0.2, -0.15) is 0 Å². The minimum atomic E-state index is -0.443. The number of nitrogens with two attached hydrogens (primary N) is 2. The van der Waals surface area contributed by atoms with Gasteiger partial charge in [0.2, 0.25) is 0 Å². The number of hydrogen-bond acceptors (Lipinski definition) is 10. The fourth-order valence-corrected chi connectivity index (χ4v) is 22.5. The minimum absolute atomic E-state index is 0.0961. The molecule has 0 unspecified atom stereocenters. The Morgan fingerprint density at radius 3 is 0.691 bits per heavy atom. The minimum Gasteiger partial charge on any atom is -0.457 e. The van der Waals surface area contributed by atoms with Gasteiger partial charge in [0.15, 0.2) is 0 Å². The highest BCUT2D eigenvalue weighted by Gasteiger charge is 2.45. The highest BCUT2D eigenvalue weighted by molar-refractivity contribution is 6.48. The van der Waals surface area contributed by atoms with Gasteiger partial charge in [-0.3, -0.25) is 19.2 Å². The molecule has 4 aliphatic rings. The number of imide groups is 2. The average Bonchev–Trinajstić information content (AvgIpc) is 1.20. The van der Waals surface area contributed by atoms with Crippen LogP contribution in [-0.2, 0) is 34.5 Å². The van der Waals surface area contributed by atoms with Crippen molar-refractivity contribution >= 4 is 133 Å². The second kappa shape index (κ2) is 30.6. The van der Waals surface area contributed by atoms with E-state index < -0.39 is 23.6 Å². The lowest BCUT2D eigenvalue weighted by Gasteiger charge is -2.34. The van der Waals surface area contributed by atoms with E-state index in [1.807, 2.05) is 97.1 Å². The van der Waals surface area contributed by atoms with E-state index in [2.05, 4.69) is 274 Å². The fourth-order valence-electron chi connectivity index (χ4n) is 22.5. The highest BCUT2D eigenvalue weighted by atomic mass is 16.5. The number of aryl methyl sites for hydroxylation is 4. The van der Waals surface area contributed by atoms with Crippen molar-refractivity contribution in [3.8, 4) is 90.5 Å². The normalized spacial score (nSPS) is 13.8. The largest absolute Gasteiger partial charge is 0.457 e. The third-order valence-electron chi connectivity index (χ3n) is 29.7. The van der Waals surface area contributed by atoms with Crippen molar-refractivity contribution < 1.29 is 38.1 Å². The Bertz CT molecular complexity index is 7470. The molecule has 0 fully saturated rings. The zero-order valence-electron chi connectivity index (χ0n) is 81.8. The molecule has 136 heavy (non-hydrogen) atoms. The number of nitrogen functional groups attached to an aromatic ring is 2. The number of amides is 4. The van der Waals surface area contributed by atoms with Crippen LogP contribution >= 0.6 is 0 Å². The molecule has 678 valence electrons. The molecule has 2 aliphatic heterocycles. The molecule has 0 aromatic heterocycles. The molecule has 0 spiro atoms. The zero-order chi connectivity index (χ0) is 95.5. The molecule has 0 saturated carbocycles. The van der Waals surface area contributed by atoms with Crippen molar-refractivity contribution in [2.75, 3.05) is 21.3 Å². The third-order valence-corrected chi connectivity index (χ3v) is 29.7. The summed E-state index contributed by atoms with van der Waals surface area (Å²) in [5.74, 6) is 2.19. The standard InChI is InChI=1S/C124H114N4O8/c1-61(2)87-53-73(125)54-88(62(3)4)115(87)127-117(129)95-57-99(133-75-33-25-69(26-34-75)121(11,12)13)109-83-45-41-79-91-49-65(9)67(51-93(91)81-43-47-85(105(83)103(79)81)111-101(59-97(119(127)131)107(95)113(109)111)135-77-37-29-71(30-38-77)123(17,18)19)23-24-68-52-94-82-44-48-86-106-84(46-42-80(104(82)106)92(94)50-66(68)10)110-100(134-76-35-27-70(28-36-76)122(14,15)16)58-96-108-98(60-102(112(86)114(108)110)136-78-39-31-72(32-40-78)124(20,21)22)120(132)128(118(96)130)116-89(63(5)6)55-74(126)56-90(116)64(7)8/h25-64H,23-24,125-126H2,1-22H3. The Kier molecular flexibility index (Phi) is 19.6. The number of nitrogens with zero attached hydrogens (tertiary/aromatic N) is 2. The van der Waals surface area contributed by atoms with Crippen molar-refractivity contribution in [2.45, 2.75) is 210 Å². The molecule has 0 radical (unpaired) electrons. The first-order valence-electron chi connectivity index (χ1n) is 48.2. The number of ether oxygens (including phenoxy) is 4. The summed E-state index contributed by atoms with van der Waals surface area (Å²) in [5.41, 5.74) is 38.4. The van der Waals surface area contributed by atoms with E-state index in [1.165, 1.54) is 32.1 Å². The smallest absolute Gasteiger partial charge is 0.266 e. The van der Waals surface area contributed by atoms with Gasteiger partial charge >= 0.3 is 0 Å². The first-order chi connectivity index (χ1) is 64.6. The summed E-state index contributed by atoms with van der Waals surface area (Å²) in [6.45, 7) is 47.5. The molecule has 4 N–H and O–H groups in total. The van der Waals surface area contributed by atoms with Crippen molar-refractivity contribution in [3.05, 3.63) is 307 Å². The number of hydrogen-bond donors (Lipinski definition) is 2. The van der Waals surface area contributed by atoms with Crippen molar-refractivity contribution in [1.82, 2.24) is 0 Å². The van der Waals surface area contributed by atoms with E-state index >= 15 is 19.2 Å². The van der Waals surface area contributed by atoms with Gasteiger partial charge in [0.05, 0.1) is 33.6 Å². The van der Waals surface area contributed by atoms with Crippen LogP contribution in [-0.4, -0.2) is 23.6 Å². The van der Waals surface area contributed by atoms with Crippen LogP contribution in [0.5, 0.6) is 46.0 Å². The number of carbonyl (C=O) groups is 4. The van der Waals surface area contributed by atoms with Crippen molar-refractivity contribution in [1.29, 1.82) is 0 Å². The number of carbonyl (C=O) groups excluding carboxylic acids is 4. The summed E-state index contributed by atoms with van der Waals surface area (Å²) >= 11 is 0. The van der Waals surface area contributed by atoms with Gasteiger partial charge in [-0.1, -0.05) is 260 Å². The van der Waals surface area contributed by atoms with Crippen LogP contribution in [0.25, 0.3) is 131 Å². The van der Waals surface area contributed by atoms with Gasteiger partial charge in [0.1, 0.15) is 46.0 Å². The highest BCUT2D eigenvalue weighted by Crippen LogP contribution is 2.62. The van der Waals surface area contributed by atoms with E-state index in [0.29, 0.717) is 113 Å². The number of benzene rings is 18. The summed E-state index contributed by atoms with van der Waals surface area (Å²) in [6, 6.07) is 75.9. The van der Waals surface area contributed by atoms with E-state index in [9.17, 15) is 0 Å². The Hall–Kier alpha value is -14.4. The molecule has 0 bridgehead atoms. The van der Waals surface area contributed by atoms with E-state index in [4.69, 9.17) is 30.4 Å². The lowest BCUT2D eigenvalue weighted by Crippen LogP contribution is -2.42. The molecular weight excluding hydrogens is 1670 g/mol. The van der Waals surface area contributed by atoms with Crippen LogP contribution in [0, 0.1) is 13.8 Å². The van der Waals surface area contributed by atoms with Gasteiger partial charge in [-0.15, -0.1) is 0 Å². The molecule has 0 atom stereocenters. The van der Waals surface area contributed by atoms with Crippen molar-refractivity contribution in [2.24, 2.45) is 0 Å². The number of rotatable bonds is 17. The zero-order valence-corrected chi connectivity index (χ0v) is 81.8. The monoisotopic (exact) mass is 1790 g/mol. The predicted octanol–water partition coefficient (Wildman–Crippen LogP) is 33.1. The molecule has 0 saturated heterocycles. The summed E-state index contributed by atoms with van der Waals surface area (Å²) in [5, 5.41) is 13.6. The lowest BCUT2D eigenvalue weighted by atomic mass is 9.82. The summed E-state index contributed by atoms with van der Waals surface area (Å²) in [7, 11) is 0. The Morgan fingerprint density at radius 1 is 0.250 bits per heavy atom. The first-order valence-corrected chi connectivity index (χ1v) is 48.2. The average molecular weight is 1790 g/mol. The van der Waals surface area contributed by atoms with Crippen LogP contribution in [0.1, 0.15) is 270 Å². The molecule has 12 heteroatoms. The Balaban J connectivity index is 0.691. The van der Waals surface area contributed by atoms with Crippen LogP contribution in [0.2, 0.25) is 0 Å². The van der Waals surface area contributed by atoms with E-state index in [1.54, 1.807) is 0 Å². The van der Waals surface area contributed by atoms with Crippen LogP contribution in [0.3, 0.4) is 0 Å². The maximum Gasteiger partial charge on any atom is 0.266 e. The van der Waals surface area contributed by atoms with Crippen LogP contribution < -0.4 is 40.2 Å². The molecule has 18 aromatic rings. The molecule has 2 aliphatic carbocycles. The van der Waals surface area contributed by atoms with Crippen LogP contribution in [0.15, 0.2) is 218 Å². The SMILES string of the molecule is Cc1cc2c(cc1CCc1cc3c(cc1C)-c1ccc4c5c(Oc6ccc(C(C)(C)C)cc6)cc6c7c(cc(Oc8ccc(C(C)(C)C)cc8)c(c8ccc-3c1c48)c75)C(=O)N(c1c(C(C)C)cc(N)cc1C(C)C)C6=O)-c1ccc3c4c(Oc5ccc(C(C)(C)C)cc5)cc5c6c(cc(Oc7ccc(C(C)(C)C)cc7)c(c7ccc-2c1c73)c64)C(=O)N(c1c(C(C)C)cc(N)cc1C(C)C)C5=O. The van der Waals surface area contributed by atoms with Gasteiger partial charge < -0.3 is 30.4 Å². The summed E-state index contributed by atoms with van der Waals surface area (Å²) in [4.78, 5) is 68.0. The summed E-state index contributed by atoms with van der Waals surface area (Å²) < 4.78 is 29.5. The molecule has 12 nitrogen and oxygen atoms in total. The van der Waals surface area contributed by atoms with E-state index in [0.717, 1.165) is 166 Å². The maximum absolute atomic E-state index is 16.3. The number of anilines is 4. The fraction of sp³-hybridized carbons (Fsp3) is 0.258. The third kappa shape index (κ3) is 13.4. The molecule has 4 amide bonds. The molecule has 22 rings (SSSR count). The van der Waals surface area contributed by atoms with Crippen molar-refractivity contribution in [3.63, 3.8) is 0 Å². The van der Waals surface area contributed by atoms with Gasteiger partial charge in [0.25, 0.3) is 23.6 Å². The molecular formula is C124H114N4O8. The first kappa shape index (κ1) is 87.0. The van der Waals surface area contributed by atoms with Gasteiger partial charge in [-0.25, -0.2) is 9.80 Å². The second-order valence-corrected chi connectivity index (χ2v) is 44.1. The Morgan fingerprint density at radius 2 is 0.471 bits per heavy atom. The summed E-state index contributed by atoms with van der Waals surface area (Å²) in [6.07, 6.45) is 1.53. The molecule has 2 heterocycles. The molecule has 18 aromatic carbocycles. The lowest BCUT2D eigenvalue weighted by molar-refractivity contribution is 0.0877. The van der Waals surface area contributed by atoms with E-state index in [-0.39, 0.29) is 45.3 Å². The maximum atomic E-state index is 16.3. The Labute approximate surface area is 795 Å². The van der Waals surface area contributed by atoms with Crippen LogP contribution in [0.4, 0.5) is 22.7 Å². The van der Waals surface area contributed by atoms with Gasteiger partial charge in [-0.05, 0) is 323 Å².